The molecule has 2 aromatic carbocycles. The minimum Gasteiger partial charge on any atom is -0.497 e. The highest BCUT2D eigenvalue weighted by Gasteiger charge is 2.06. The van der Waals surface area contributed by atoms with Crippen LogP contribution in [-0.2, 0) is 9.53 Å². The molecular weight excluding hydrogens is 320 g/mol. The molecule has 2 rings (SSSR count). The average Bonchev–Trinajstić information content (AvgIpc) is 2.62. The Morgan fingerprint density at radius 3 is 2.44 bits per heavy atom. The van der Waals surface area contributed by atoms with Crippen molar-refractivity contribution in [3.05, 3.63) is 60.2 Å². The molecule has 0 fully saturated rings. The quantitative estimate of drug-likeness (QED) is 0.617. The molecule has 6 heteroatoms. The van der Waals surface area contributed by atoms with Crippen LogP contribution in [0, 0.1) is 0 Å². The number of para-hydroxylation sites is 1. The highest BCUT2D eigenvalue weighted by Crippen LogP contribution is 2.18. The lowest BCUT2D eigenvalue weighted by Crippen LogP contribution is -2.19. The van der Waals surface area contributed by atoms with E-state index >= 15 is 0 Å². The van der Waals surface area contributed by atoms with E-state index in [1.165, 1.54) is 6.08 Å². The van der Waals surface area contributed by atoms with Crippen molar-refractivity contribution >= 4 is 29.5 Å². The van der Waals surface area contributed by atoms with Gasteiger partial charge in [0.25, 0.3) is 0 Å². The molecule has 0 aliphatic carbocycles. The largest absolute Gasteiger partial charge is 0.497 e. The summed E-state index contributed by atoms with van der Waals surface area (Å²) in [5.74, 6) is 0.278. The zero-order valence-electron chi connectivity index (χ0n) is 14.1. The predicted molar refractivity (Wildman–Crippen MR) is 97.7 cm³/mol. The third-order valence-corrected chi connectivity index (χ3v) is 3.24. The van der Waals surface area contributed by atoms with Crippen LogP contribution in [0.1, 0.15) is 12.5 Å². The first-order chi connectivity index (χ1) is 12.1. The number of esters is 1. The molecule has 0 bridgehead atoms. The maximum absolute atomic E-state index is 12.2. The van der Waals surface area contributed by atoms with Crippen molar-refractivity contribution in [2.75, 3.05) is 24.4 Å². The lowest BCUT2D eigenvalue weighted by Gasteiger charge is -2.10. The summed E-state index contributed by atoms with van der Waals surface area (Å²) in [5.41, 5.74) is 1.91. The second-order valence-corrected chi connectivity index (χ2v) is 4.98. The van der Waals surface area contributed by atoms with E-state index in [9.17, 15) is 9.59 Å². The summed E-state index contributed by atoms with van der Waals surface area (Å²) >= 11 is 0. The first-order valence-electron chi connectivity index (χ1n) is 7.78. The minimum absolute atomic E-state index is 0.313. The maximum atomic E-state index is 12.2. The Morgan fingerprint density at radius 1 is 1.04 bits per heavy atom. The number of carbonyl (C=O) groups excluding carboxylic acids is 2. The molecule has 0 aliphatic heterocycles. The number of amides is 2. The molecule has 0 spiro atoms. The molecule has 2 aromatic rings. The van der Waals surface area contributed by atoms with Gasteiger partial charge in [0.05, 0.1) is 13.7 Å². The van der Waals surface area contributed by atoms with Crippen LogP contribution < -0.4 is 15.4 Å². The van der Waals surface area contributed by atoms with Gasteiger partial charge in [0.2, 0.25) is 0 Å². The van der Waals surface area contributed by atoms with Crippen LogP contribution in [0.2, 0.25) is 0 Å². The average molecular weight is 340 g/mol. The monoisotopic (exact) mass is 340 g/mol. The van der Waals surface area contributed by atoms with Crippen molar-refractivity contribution in [2.24, 2.45) is 0 Å². The van der Waals surface area contributed by atoms with Crippen LogP contribution in [0.15, 0.2) is 54.6 Å². The number of anilines is 2. The van der Waals surface area contributed by atoms with Crippen LogP contribution in [0.4, 0.5) is 16.2 Å². The minimum atomic E-state index is -0.431. The molecule has 0 aromatic heterocycles. The molecular formula is C19H20N2O4. The molecule has 130 valence electrons. The first-order valence-corrected chi connectivity index (χ1v) is 7.78. The van der Waals surface area contributed by atoms with Crippen LogP contribution in [0.5, 0.6) is 5.75 Å². The van der Waals surface area contributed by atoms with Crippen LogP contribution >= 0.6 is 0 Å². The summed E-state index contributed by atoms with van der Waals surface area (Å²) in [6.07, 6.45) is 2.92. The Balaban J connectivity index is 2.03. The van der Waals surface area contributed by atoms with Gasteiger partial charge in [-0.3, -0.25) is 0 Å². The van der Waals surface area contributed by atoms with Gasteiger partial charge in [-0.2, -0.15) is 0 Å². The van der Waals surface area contributed by atoms with Gasteiger partial charge in [0.1, 0.15) is 5.75 Å². The Bertz CT molecular complexity index is 754. The summed E-state index contributed by atoms with van der Waals surface area (Å²) in [7, 11) is 1.58. The summed E-state index contributed by atoms with van der Waals surface area (Å²) in [6.45, 7) is 2.05. The van der Waals surface area contributed by atoms with Gasteiger partial charge in [0, 0.05) is 17.5 Å². The number of rotatable bonds is 6. The Hall–Kier alpha value is -3.28. The first kappa shape index (κ1) is 18.1. The molecule has 6 nitrogen and oxygen atoms in total. The summed E-state index contributed by atoms with van der Waals surface area (Å²) in [5, 5.41) is 5.49. The molecule has 0 saturated heterocycles. The van der Waals surface area contributed by atoms with Crippen molar-refractivity contribution in [1.82, 2.24) is 0 Å². The standard InChI is InChI=1S/C19H20N2O4/c1-3-25-18(22)13-8-14-6-4-5-7-17(14)21-19(23)20-15-9-11-16(24-2)12-10-15/h4-13H,3H2,1-2H3,(H2,20,21,23)/b13-8+. The van der Waals surface area contributed by atoms with Gasteiger partial charge < -0.3 is 20.1 Å². The molecule has 0 atom stereocenters. The van der Waals surface area contributed by atoms with Crippen molar-refractivity contribution in [3.8, 4) is 5.75 Å². The SMILES string of the molecule is CCOC(=O)/C=C/c1ccccc1NC(=O)Nc1ccc(OC)cc1. The van der Waals surface area contributed by atoms with E-state index in [1.807, 2.05) is 6.07 Å². The van der Waals surface area contributed by atoms with Gasteiger partial charge in [-0.1, -0.05) is 18.2 Å². The predicted octanol–water partition coefficient (Wildman–Crippen LogP) is 3.92. The van der Waals surface area contributed by atoms with Crippen LogP contribution in [0.3, 0.4) is 0 Å². The van der Waals surface area contributed by atoms with Crippen LogP contribution in [-0.4, -0.2) is 25.7 Å². The van der Waals surface area contributed by atoms with Crippen LogP contribution in [0.25, 0.3) is 6.08 Å². The van der Waals surface area contributed by atoms with E-state index < -0.39 is 5.97 Å². The normalized spacial score (nSPS) is 10.3. The molecule has 0 unspecified atom stereocenters. The number of ether oxygens (including phenoxy) is 2. The van der Waals surface area contributed by atoms with E-state index in [4.69, 9.17) is 9.47 Å². The number of urea groups is 1. The fourth-order valence-electron chi connectivity index (χ4n) is 2.06. The number of benzene rings is 2. The fourth-order valence-corrected chi connectivity index (χ4v) is 2.06. The molecule has 2 N–H and O–H groups in total. The van der Waals surface area contributed by atoms with E-state index in [-0.39, 0.29) is 6.03 Å². The number of hydrogen-bond acceptors (Lipinski definition) is 4. The van der Waals surface area contributed by atoms with Gasteiger partial charge in [0.15, 0.2) is 0 Å². The van der Waals surface area contributed by atoms with Crippen molar-refractivity contribution in [1.29, 1.82) is 0 Å². The van der Waals surface area contributed by atoms with E-state index in [2.05, 4.69) is 10.6 Å². The summed E-state index contributed by atoms with van der Waals surface area (Å²) < 4.78 is 9.92. The Morgan fingerprint density at radius 2 is 1.76 bits per heavy atom. The molecule has 2 amide bonds. The lowest BCUT2D eigenvalue weighted by molar-refractivity contribution is -0.137. The molecule has 0 saturated carbocycles. The third-order valence-electron chi connectivity index (χ3n) is 3.24. The number of methoxy groups -OCH3 is 1. The van der Waals surface area contributed by atoms with Gasteiger partial charge in [-0.05, 0) is 48.9 Å². The van der Waals surface area contributed by atoms with E-state index in [0.29, 0.717) is 29.3 Å². The highest BCUT2D eigenvalue weighted by molar-refractivity contribution is 6.01. The van der Waals surface area contributed by atoms with Crippen molar-refractivity contribution in [2.45, 2.75) is 6.92 Å². The smallest absolute Gasteiger partial charge is 0.330 e. The number of hydrogen-bond donors (Lipinski definition) is 2. The third kappa shape index (κ3) is 5.69. The molecule has 0 radical (unpaired) electrons. The van der Waals surface area contributed by atoms with Gasteiger partial charge in [-0.15, -0.1) is 0 Å². The second kappa shape index (κ2) is 9.12. The zero-order valence-corrected chi connectivity index (χ0v) is 14.1. The van der Waals surface area contributed by atoms with Crippen molar-refractivity contribution in [3.63, 3.8) is 0 Å². The highest BCUT2D eigenvalue weighted by atomic mass is 16.5. The van der Waals surface area contributed by atoms with Crippen molar-refractivity contribution < 1.29 is 19.1 Å². The maximum Gasteiger partial charge on any atom is 0.330 e. The van der Waals surface area contributed by atoms with Gasteiger partial charge in [-0.25, -0.2) is 9.59 Å². The zero-order chi connectivity index (χ0) is 18.1. The Labute approximate surface area is 146 Å². The molecule has 25 heavy (non-hydrogen) atoms. The topological polar surface area (TPSA) is 76.7 Å². The summed E-state index contributed by atoms with van der Waals surface area (Å²) in [4.78, 5) is 23.6. The summed E-state index contributed by atoms with van der Waals surface area (Å²) in [6, 6.07) is 13.8. The fraction of sp³-hybridized carbons (Fsp3) is 0.158. The van der Waals surface area contributed by atoms with E-state index in [1.54, 1.807) is 62.6 Å². The van der Waals surface area contributed by atoms with Gasteiger partial charge >= 0.3 is 12.0 Å². The second-order valence-electron chi connectivity index (χ2n) is 4.98. The molecule has 0 heterocycles. The number of nitrogens with one attached hydrogen (secondary N) is 2. The Kier molecular flexibility index (Phi) is 6.59. The lowest BCUT2D eigenvalue weighted by atomic mass is 10.1. The molecule has 0 aliphatic rings. The van der Waals surface area contributed by atoms with E-state index in [0.717, 1.165) is 0 Å². The number of carbonyl (C=O) groups is 2.